The minimum Gasteiger partial charge on any atom is -0.481 e. The molecule has 0 spiro atoms. The number of rotatable bonds is 5. The predicted molar refractivity (Wildman–Crippen MR) is 77.9 cm³/mol. The molecule has 0 radical (unpaired) electrons. The number of aliphatic carboxylic acids is 1. The average molecular weight is 288 g/mol. The van der Waals surface area contributed by atoms with E-state index in [1.165, 1.54) is 11.1 Å². The van der Waals surface area contributed by atoms with Crippen LogP contribution in [-0.4, -0.2) is 23.5 Å². The lowest BCUT2D eigenvalue weighted by Gasteiger charge is -2.40. The van der Waals surface area contributed by atoms with Gasteiger partial charge in [0.15, 0.2) is 0 Å². The summed E-state index contributed by atoms with van der Waals surface area (Å²) >= 11 is 0. The standard InChI is InChI=1S/C16H20N2O3/c19-14(20)7-16(4-1-5-16)10-18-15(21)11-2-3-12-8-17-9-13(12)6-11/h2-3,6,17H,1,4-5,7-10H2,(H,18,21)(H,19,20). The van der Waals surface area contributed by atoms with E-state index in [2.05, 4.69) is 10.6 Å². The first-order valence-electron chi connectivity index (χ1n) is 7.41. The van der Waals surface area contributed by atoms with Gasteiger partial charge in [-0.2, -0.15) is 0 Å². The molecule has 0 atom stereocenters. The van der Waals surface area contributed by atoms with Crippen LogP contribution >= 0.6 is 0 Å². The molecular weight excluding hydrogens is 268 g/mol. The first-order valence-corrected chi connectivity index (χ1v) is 7.41. The fourth-order valence-corrected chi connectivity index (χ4v) is 3.22. The number of carboxylic acid groups (broad SMARTS) is 1. The Balaban J connectivity index is 1.62. The summed E-state index contributed by atoms with van der Waals surface area (Å²) in [7, 11) is 0. The van der Waals surface area contributed by atoms with Crippen molar-refractivity contribution in [2.24, 2.45) is 5.41 Å². The Morgan fingerprint density at radius 3 is 2.67 bits per heavy atom. The number of carbonyl (C=O) groups is 2. The molecule has 1 aromatic rings. The second kappa shape index (κ2) is 5.48. The molecule has 0 saturated heterocycles. The first-order chi connectivity index (χ1) is 10.1. The van der Waals surface area contributed by atoms with Crippen LogP contribution in [0.4, 0.5) is 0 Å². The summed E-state index contributed by atoms with van der Waals surface area (Å²) in [5.74, 6) is -0.895. The topological polar surface area (TPSA) is 78.4 Å². The first kappa shape index (κ1) is 14.1. The number of hydrogen-bond acceptors (Lipinski definition) is 3. The molecule has 0 aromatic heterocycles. The van der Waals surface area contributed by atoms with E-state index in [0.717, 1.165) is 32.4 Å². The number of carboxylic acids is 1. The summed E-state index contributed by atoms with van der Waals surface area (Å²) in [5.41, 5.74) is 2.83. The molecule has 1 aromatic carbocycles. The molecule has 0 bridgehead atoms. The summed E-state index contributed by atoms with van der Waals surface area (Å²) in [6.45, 7) is 2.12. The number of fused-ring (bicyclic) bond motifs is 1. The molecule has 5 heteroatoms. The van der Waals surface area contributed by atoms with Crippen molar-refractivity contribution in [1.29, 1.82) is 0 Å². The number of amides is 1. The van der Waals surface area contributed by atoms with Gasteiger partial charge in [0.25, 0.3) is 5.91 Å². The maximum Gasteiger partial charge on any atom is 0.303 e. The van der Waals surface area contributed by atoms with Crippen molar-refractivity contribution in [2.45, 2.75) is 38.8 Å². The van der Waals surface area contributed by atoms with Gasteiger partial charge in [0.1, 0.15) is 0 Å². The van der Waals surface area contributed by atoms with Crippen molar-refractivity contribution in [3.8, 4) is 0 Å². The van der Waals surface area contributed by atoms with Gasteiger partial charge in [-0.3, -0.25) is 9.59 Å². The maximum atomic E-state index is 12.2. The van der Waals surface area contributed by atoms with Crippen LogP contribution in [0.1, 0.15) is 47.2 Å². The molecule has 3 rings (SSSR count). The largest absolute Gasteiger partial charge is 0.481 e. The third-order valence-electron chi connectivity index (χ3n) is 4.66. The highest BCUT2D eigenvalue weighted by Gasteiger charge is 2.39. The van der Waals surface area contributed by atoms with E-state index >= 15 is 0 Å². The van der Waals surface area contributed by atoms with Crippen LogP contribution in [-0.2, 0) is 17.9 Å². The lowest BCUT2D eigenvalue weighted by atomic mass is 9.66. The minimum absolute atomic E-state index is 0.110. The van der Waals surface area contributed by atoms with E-state index in [4.69, 9.17) is 5.11 Å². The van der Waals surface area contributed by atoms with E-state index in [9.17, 15) is 9.59 Å². The Hall–Kier alpha value is -1.88. The van der Waals surface area contributed by atoms with Gasteiger partial charge in [-0.15, -0.1) is 0 Å². The van der Waals surface area contributed by atoms with Crippen LogP contribution in [0.2, 0.25) is 0 Å². The number of carbonyl (C=O) groups excluding carboxylic acids is 1. The molecule has 2 aliphatic rings. The van der Waals surface area contributed by atoms with Crippen molar-refractivity contribution in [1.82, 2.24) is 10.6 Å². The number of hydrogen-bond donors (Lipinski definition) is 3. The molecule has 1 saturated carbocycles. The van der Waals surface area contributed by atoms with Crippen molar-refractivity contribution in [3.63, 3.8) is 0 Å². The highest BCUT2D eigenvalue weighted by molar-refractivity contribution is 5.94. The van der Waals surface area contributed by atoms with Gasteiger partial charge >= 0.3 is 5.97 Å². The normalized spacial score (nSPS) is 18.7. The van der Waals surface area contributed by atoms with Crippen LogP contribution in [0.25, 0.3) is 0 Å². The molecular formula is C16H20N2O3. The SMILES string of the molecule is O=C(O)CC1(CNC(=O)c2ccc3c(c2)CNC3)CCC1. The third-order valence-corrected chi connectivity index (χ3v) is 4.66. The Morgan fingerprint density at radius 1 is 1.24 bits per heavy atom. The zero-order valence-corrected chi connectivity index (χ0v) is 11.9. The van der Waals surface area contributed by atoms with Crippen molar-refractivity contribution >= 4 is 11.9 Å². The summed E-state index contributed by atoms with van der Waals surface area (Å²) < 4.78 is 0. The zero-order chi connectivity index (χ0) is 14.9. The third kappa shape index (κ3) is 2.93. The predicted octanol–water partition coefficient (Wildman–Crippen LogP) is 1.66. The van der Waals surface area contributed by atoms with Gasteiger partial charge in [-0.05, 0) is 41.5 Å². The van der Waals surface area contributed by atoms with Gasteiger partial charge in [0.2, 0.25) is 0 Å². The van der Waals surface area contributed by atoms with Crippen LogP contribution in [0.5, 0.6) is 0 Å². The molecule has 5 nitrogen and oxygen atoms in total. The highest BCUT2D eigenvalue weighted by atomic mass is 16.4. The van der Waals surface area contributed by atoms with E-state index in [1.54, 1.807) is 0 Å². The van der Waals surface area contributed by atoms with Crippen LogP contribution in [0.15, 0.2) is 18.2 Å². The monoisotopic (exact) mass is 288 g/mol. The van der Waals surface area contributed by atoms with Gasteiger partial charge in [0, 0.05) is 25.2 Å². The summed E-state index contributed by atoms with van der Waals surface area (Å²) in [6.07, 6.45) is 2.95. The average Bonchev–Trinajstić information content (AvgIpc) is 2.88. The summed E-state index contributed by atoms with van der Waals surface area (Å²) in [5, 5.41) is 15.2. The van der Waals surface area contributed by atoms with Crippen LogP contribution in [0, 0.1) is 5.41 Å². The highest BCUT2D eigenvalue weighted by Crippen LogP contribution is 2.43. The van der Waals surface area contributed by atoms with Crippen LogP contribution in [0.3, 0.4) is 0 Å². The molecule has 0 unspecified atom stereocenters. The fourth-order valence-electron chi connectivity index (χ4n) is 3.22. The summed E-state index contributed by atoms with van der Waals surface area (Å²) in [4.78, 5) is 23.2. The van der Waals surface area contributed by atoms with Gasteiger partial charge in [0.05, 0.1) is 6.42 Å². The lowest BCUT2D eigenvalue weighted by molar-refractivity contribution is -0.141. The molecule has 1 aliphatic heterocycles. The molecule has 1 aliphatic carbocycles. The van der Waals surface area contributed by atoms with Crippen LogP contribution < -0.4 is 10.6 Å². The van der Waals surface area contributed by atoms with Crippen molar-refractivity contribution in [3.05, 3.63) is 34.9 Å². The second-order valence-electron chi connectivity index (χ2n) is 6.19. The Kier molecular flexibility index (Phi) is 3.68. The van der Waals surface area contributed by atoms with Crippen molar-refractivity contribution in [2.75, 3.05) is 6.54 Å². The smallest absolute Gasteiger partial charge is 0.303 e. The van der Waals surface area contributed by atoms with Crippen molar-refractivity contribution < 1.29 is 14.7 Å². The molecule has 1 amide bonds. The maximum absolute atomic E-state index is 12.2. The second-order valence-corrected chi connectivity index (χ2v) is 6.19. The van der Waals surface area contributed by atoms with Gasteiger partial charge < -0.3 is 15.7 Å². The molecule has 1 fully saturated rings. The lowest BCUT2D eigenvalue weighted by Crippen LogP contribution is -2.43. The number of nitrogens with one attached hydrogen (secondary N) is 2. The zero-order valence-electron chi connectivity index (χ0n) is 11.9. The summed E-state index contributed by atoms with van der Waals surface area (Å²) in [6, 6.07) is 5.75. The Bertz CT molecular complexity index is 579. The molecule has 21 heavy (non-hydrogen) atoms. The van der Waals surface area contributed by atoms with Gasteiger partial charge in [-0.25, -0.2) is 0 Å². The van der Waals surface area contributed by atoms with E-state index in [0.29, 0.717) is 12.1 Å². The molecule has 1 heterocycles. The Morgan fingerprint density at radius 2 is 2.00 bits per heavy atom. The fraction of sp³-hybridized carbons (Fsp3) is 0.500. The quantitative estimate of drug-likeness (QED) is 0.770. The van der Waals surface area contributed by atoms with E-state index in [1.807, 2.05) is 18.2 Å². The van der Waals surface area contributed by atoms with Gasteiger partial charge in [-0.1, -0.05) is 12.5 Å². The minimum atomic E-state index is -0.785. The van der Waals surface area contributed by atoms with E-state index < -0.39 is 5.97 Å². The molecule has 112 valence electrons. The number of benzene rings is 1. The Labute approximate surface area is 123 Å². The molecule has 3 N–H and O–H groups in total. The van der Waals surface area contributed by atoms with E-state index in [-0.39, 0.29) is 17.7 Å².